The van der Waals surface area contributed by atoms with Crippen LogP contribution in [-0.4, -0.2) is 32.3 Å². The van der Waals surface area contributed by atoms with Crippen molar-refractivity contribution >= 4 is 5.96 Å². The Morgan fingerprint density at radius 1 is 1.19 bits per heavy atom. The number of unbranched alkanes of at least 4 members (excludes halogenated alkanes) is 1. The van der Waals surface area contributed by atoms with E-state index >= 15 is 0 Å². The number of nitrogens with one attached hydrogen (secondary N) is 1. The standard InChI is InChI=1S/C17H29N3O/c1-15(2)14-20-17(18)19-11-6-7-12-21-13-10-16-8-4-3-5-9-16/h3-5,8-9,15H,6-7,10-14H2,1-2H3,(H3,18,19,20). The van der Waals surface area contributed by atoms with Crippen molar-refractivity contribution in [1.29, 1.82) is 0 Å². The molecule has 21 heavy (non-hydrogen) atoms. The van der Waals surface area contributed by atoms with Crippen molar-refractivity contribution in [2.24, 2.45) is 16.6 Å². The minimum Gasteiger partial charge on any atom is -0.381 e. The lowest BCUT2D eigenvalue weighted by Crippen LogP contribution is -2.32. The van der Waals surface area contributed by atoms with E-state index in [1.807, 2.05) is 6.07 Å². The van der Waals surface area contributed by atoms with E-state index in [9.17, 15) is 0 Å². The highest BCUT2D eigenvalue weighted by Gasteiger charge is 1.95. The Hall–Kier alpha value is -1.55. The zero-order chi connectivity index (χ0) is 15.3. The van der Waals surface area contributed by atoms with Crippen LogP contribution in [0.5, 0.6) is 0 Å². The van der Waals surface area contributed by atoms with E-state index in [0.717, 1.165) is 45.6 Å². The van der Waals surface area contributed by atoms with Crippen molar-refractivity contribution in [3.05, 3.63) is 35.9 Å². The Morgan fingerprint density at radius 3 is 2.67 bits per heavy atom. The first-order valence-corrected chi connectivity index (χ1v) is 7.84. The van der Waals surface area contributed by atoms with Gasteiger partial charge in [0.2, 0.25) is 0 Å². The third-order valence-corrected chi connectivity index (χ3v) is 3.03. The number of nitrogens with two attached hydrogens (primary N) is 1. The number of hydrogen-bond acceptors (Lipinski definition) is 2. The number of nitrogens with zero attached hydrogens (tertiary/aromatic N) is 1. The molecule has 1 aromatic carbocycles. The molecule has 4 heteroatoms. The Balaban J connectivity index is 1.92. The van der Waals surface area contributed by atoms with Gasteiger partial charge in [-0.2, -0.15) is 0 Å². The van der Waals surface area contributed by atoms with Gasteiger partial charge < -0.3 is 15.8 Å². The summed E-state index contributed by atoms with van der Waals surface area (Å²) in [4.78, 5) is 4.26. The molecule has 118 valence electrons. The molecule has 4 nitrogen and oxygen atoms in total. The van der Waals surface area contributed by atoms with Crippen LogP contribution in [0, 0.1) is 5.92 Å². The van der Waals surface area contributed by atoms with Gasteiger partial charge in [0.05, 0.1) is 6.61 Å². The lowest BCUT2D eigenvalue weighted by molar-refractivity contribution is 0.133. The molecule has 0 fully saturated rings. The zero-order valence-corrected chi connectivity index (χ0v) is 13.3. The van der Waals surface area contributed by atoms with E-state index in [1.54, 1.807) is 0 Å². The topological polar surface area (TPSA) is 59.6 Å². The van der Waals surface area contributed by atoms with Gasteiger partial charge in [-0.1, -0.05) is 44.2 Å². The molecule has 0 aliphatic heterocycles. The van der Waals surface area contributed by atoms with Crippen LogP contribution >= 0.6 is 0 Å². The fourth-order valence-electron chi connectivity index (χ4n) is 1.82. The van der Waals surface area contributed by atoms with Gasteiger partial charge in [-0.25, -0.2) is 0 Å². The summed E-state index contributed by atoms with van der Waals surface area (Å²) in [6, 6.07) is 10.4. The summed E-state index contributed by atoms with van der Waals surface area (Å²) in [5.41, 5.74) is 7.08. The number of ether oxygens (including phenoxy) is 1. The number of aliphatic imine (C=N–C) groups is 1. The molecule has 0 saturated carbocycles. The molecule has 0 aliphatic rings. The fraction of sp³-hybridized carbons (Fsp3) is 0.588. The maximum atomic E-state index is 5.76. The van der Waals surface area contributed by atoms with Gasteiger partial charge in [0.15, 0.2) is 5.96 Å². The number of guanidine groups is 1. The number of rotatable bonds is 10. The largest absolute Gasteiger partial charge is 0.381 e. The second kappa shape index (κ2) is 11.1. The summed E-state index contributed by atoms with van der Waals surface area (Å²) in [6.07, 6.45) is 3.07. The van der Waals surface area contributed by atoms with E-state index in [-0.39, 0.29) is 0 Å². The van der Waals surface area contributed by atoms with Crippen LogP contribution in [-0.2, 0) is 11.2 Å². The predicted molar refractivity (Wildman–Crippen MR) is 89.5 cm³/mol. The molecule has 0 saturated heterocycles. The average molecular weight is 291 g/mol. The molecule has 0 radical (unpaired) electrons. The van der Waals surface area contributed by atoms with Gasteiger partial charge in [0, 0.05) is 19.7 Å². The van der Waals surface area contributed by atoms with Crippen LogP contribution in [0.4, 0.5) is 0 Å². The lowest BCUT2D eigenvalue weighted by atomic mass is 10.2. The van der Waals surface area contributed by atoms with Crippen molar-refractivity contribution in [1.82, 2.24) is 5.32 Å². The molecule has 0 amide bonds. The molecule has 0 unspecified atom stereocenters. The second-order valence-corrected chi connectivity index (χ2v) is 5.60. The fourth-order valence-corrected chi connectivity index (χ4v) is 1.82. The average Bonchev–Trinajstić information content (AvgIpc) is 2.49. The van der Waals surface area contributed by atoms with Gasteiger partial charge in [0.1, 0.15) is 0 Å². The summed E-state index contributed by atoms with van der Waals surface area (Å²) in [5.74, 6) is 1.09. The van der Waals surface area contributed by atoms with E-state index in [2.05, 4.69) is 48.4 Å². The Labute approximate surface area is 128 Å². The smallest absolute Gasteiger partial charge is 0.188 e. The second-order valence-electron chi connectivity index (χ2n) is 5.60. The molecular weight excluding hydrogens is 262 g/mol. The third kappa shape index (κ3) is 9.91. The normalized spacial score (nSPS) is 11.9. The third-order valence-electron chi connectivity index (χ3n) is 3.03. The molecule has 3 N–H and O–H groups in total. The van der Waals surface area contributed by atoms with Crippen LogP contribution in [0.15, 0.2) is 35.3 Å². The molecule has 0 heterocycles. The van der Waals surface area contributed by atoms with E-state index < -0.39 is 0 Å². The molecule has 0 atom stereocenters. The summed E-state index contributed by atoms with van der Waals surface area (Å²) < 4.78 is 5.63. The van der Waals surface area contributed by atoms with Crippen LogP contribution < -0.4 is 11.1 Å². The SMILES string of the molecule is CC(C)CN=C(N)NCCCCOCCc1ccccc1. The minimum atomic E-state index is 0.545. The molecular formula is C17H29N3O. The molecule has 0 aromatic heterocycles. The monoisotopic (exact) mass is 291 g/mol. The first kappa shape index (κ1) is 17.5. The first-order valence-electron chi connectivity index (χ1n) is 7.84. The first-order chi connectivity index (χ1) is 10.2. The van der Waals surface area contributed by atoms with Crippen molar-refractivity contribution in [2.75, 3.05) is 26.3 Å². The molecule has 1 rings (SSSR count). The Morgan fingerprint density at radius 2 is 1.95 bits per heavy atom. The minimum absolute atomic E-state index is 0.545. The van der Waals surface area contributed by atoms with Crippen LogP contribution in [0.25, 0.3) is 0 Å². The Kier molecular flexibility index (Phi) is 9.29. The quantitative estimate of drug-likeness (QED) is 0.396. The lowest BCUT2D eigenvalue weighted by Gasteiger charge is -2.07. The zero-order valence-electron chi connectivity index (χ0n) is 13.3. The van der Waals surface area contributed by atoms with Gasteiger partial charge in [0.25, 0.3) is 0 Å². The predicted octanol–water partition coefficient (Wildman–Crippen LogP) is 2.59. The maximum Gasteiger partial charge on any atom is 0.188 e. The summed E-state index contributed by atoms with van der Waals surface area (Å²) >= 11 is 0. The van der Waals surface area contributed by atoms with Crippen LogP contribution in [0.1, 0.15) is 32.3 Å². The summed E-state index contributed by atoms with van der Waals surface area (Å²) in [6.45, 7) is 7.48. The molecule has 1 aromatic rings. The molecule has 0 bridgehead atoms. The maximum absolute atomic E-state index is 5.76. The number of benzene rings is 1. The highest BCUT2D eigenvalue weighted by Crippen LogP contribution is 2.00. The van der Waals surface area contributed by atoms with E-state index in [4.69, 9.17) is 10.5 Å². The van der Waals surface area contributed by atoms with Gasteiger partial charge in [-0.3, -0.25) is 4.99 Å². The van der Waals surface area contributed by atoms with Gasteiger partial charge >= 0.3 is 0 Å². The highest BCUT2D eigenvalue weighted by molar-refractivity contribution is 5.77. The molecule has 0 aliphatic carbocycles. The van der Waals surface area contributed by atoms with Gasteiger partial charge in [-0.05, 0) is 30.7 Å². The van der Waals surface area contributed by atoms with Crippen molar-refractivity contribution in [2.45, 2.75) is 33.1 Å². The number of hydrogen-bond donors (Lipinski definition) is 2. The van der Waals surface area contributed by atoms with Crippen molar-refractivity contribution in [3.63, 3.8) is 0 Å². The van der Waals surface area contributed by atoms with E-state index in [1.165, 1.54) is 5.56 Å². The van der Waals surface area contributed by atoms with Crippen molar-refractivity contribution in [3.8, 4) is 0 Å². The van der Waals surface area contributed by atoms with Gasteiger partial charge in [-0.15, -0.1) is 0 Å². The highest BCUT2D eigenvalue weighted by atomic mass is 16.5. The van der Waals surface area contributed by atoms with Crippen molar-refractivity contribution < 1.29 is 4.74 Å². The summed E-state index contributed by atoms with van der Waals surface area (Å²) in [7, 11) is 0. The van der Waals surface area contributed by atoms with Crippen LogP contribution in [0.2, 0.25) is 0 Å². The molecule has 0 spiro atoms. The van der Waals surface area contributed by atoms with Crippen LogP contribution in [0.3, 0.4) is 0 Å². The summed E-state index contributed by atoms with van der Waals surface area (Å²) in [5, 5.41) is 3.13. The Bertz CT molecular complexity index is 390. The van der Waals surface area contributed by atoms with E-state index in [0.29, 0.717) is 11.9 Å².